The number of aromatic nitrogens is 1. The van der Waals surface area contributed by atoms with Gasteiger partial charge in [-0.05, 0) is 35.9 Å². The van der Waals surface area contributed by atoms with Crippen LogP contribution in [0.25, 0.3) is 22.9 Å². The van der Waals surface area contributed by atoms with Crippen LogP contribution >= 0.6 is 34.5 Å². The Labute approximate surface area is 171 Å². The third kappa shape index (κ3) is 4.78. The lowest BCUT2D eigenvalue weighted by Gasteiger charge is -2.03. The van der Waals surface area contributed by atoms with E-state index in [1.165, 1.54) is 11.3 Å². The number of thiazole rings is 1. The van der Waals surface area contributed by atoms with E-state index in [0.29, 0.717) is 27.2 Å². The van der Waals surface area contributed by atoms with E-state index in [-0.39, 0.29) is 0 Å². The summed E-state index contributed by atoms with van der Waals surface area (Å²) in [6, 6.07) is 15.1. The minimum absolute atomic E-state index is 0.454. The van der Waals surface area contributed by atoms with Crippen molar-refractivity contribution in [2.24, 2.45) is 0 Å². The second-order valence-electron chi connectivity index (χ2n) is 5.51. The number of benzene rings is 2. The Morgan fingerprint density at radius 2 is 1.96 bits per heavy atom. The Morgan fingerprint density at radius 3 is 2.63 bits per heavy atom. The topological polar surface area (TPSA) is 45.9 Å². The van der Waals surface area contributed by atoms with E-state index in [1.54, 1.807) is 24.3 Å². The maximum Gasteiger partial charge on any atom is 0.134 e. The van der Waals surface area contributed by atoms with Gasteiger partial charge in [0.1, 0.15) is 23.4 Å². The third-order valence-corrected chi connectivity index (χ3v) is 5.24. The molecule has 0 radical (unpaired) electrons. The van der Waals surface area contributed by atoms with Crippen molar-refractivity contribution in [3.63, 3.8) is 0 Å². The molecule has 3 aromatic rings. The fourth-order valence-electron chi connectivity index (χ4n) is 2.31. The summed E-state index contributed by atoms with van der Waals surface area (Å²) < 4.78 is 5.46. The molecule has 0 amide bonds. The van der Waals surface area contributed by atoms with E-state index in [4.69, 9.17) is 27.9 Å². The molecule has 0 aliphatic carbocycles. The molecule has 0 saturated heterocycles. The predicted molar refractivity (Wildman–Crippen MR) is 113 cm³/mol. The van der Waals surface area contributed by atoms with Gasteiger partial charge in [-0.3, -0.25) is 0 Å². The first-order valence-corrected chi connectivity index (χ1v) is 9.61. The average molecular weight is 413 g/mol. The molecule has 0 N–H and O–H groups in total. The second-order valence-corrected chi connectivity index (χ2v) is 7.18. The molecule has 27 heavy (non-hydrogen) atoms. The molecular formula is C21H14Cl2N2OS. The largest absolute Gasteiger partial charge is 0.490 e. The molecule has 3 rings (SSSR count). The number of rotatable bonds is 6. The fourth-order valence-corrected chi connectivity index (χ4v) is 3.40. The zero-order valence-corrected chi connectivity index (χ0v) is 16.5. The van der Waals surface area contributed by atoms with Crippen LogP contribution in [0.4, 0.5) is 0 Å². The highest BCUT2D eigenvalue weighted by molar-refractivity contribution is 7.11. The van der Waals surface area contributed by atoms with E-state index in [1.807, 2.05) is 35.7 Å². The molecule has 0 spiro atoms. The van der Waals surface area contributed by atoms with Crippen LogP contribution in [-0.2, 0) is 0 Å². The van der Waals surface area contributed by atoms with Gasteiger partial charge in [0.25, 0.3) is 0 Å². The van der Waals surface area contributed by atoms with Crippen molar-refractivity contribution in [1.82, 2.24) is 4.98 Å². The molecule has 0 unspecified atom stereocenters. The van der Waals surface area contributed by atoms with Crippen LogP contribution in [-0.4, -0.2) is 11.6 Å². The standard InChI is InChI=1S/C21H14Cl2N2OS/c1-2-9-26-17-6-3-14(4-7-17)10-16(12-24)21-25-20(13-27-21)15-5-8-18(22)19(23)11-15/h2-8,10-11,13H,1,9H2/b16-10+. The molecule has 0 bridgehead atoms. The number of nitriles is 1. The van der Waals surface area contributed by atoms with Crippen LogP contribution in [0, 0.1) is 11.3 Å². The van der Waals surface area contributed by atoms with Gasteiger partial charge in [-0.1, -0.05) is 54.1 Å². The highest BCUT2D eigenvalue weighted by atomic mass is 35.5. The molecule has 1 aromatic heterocycles. The number of nitrogens with zero attached hydrogens (tertiary/aromatic N) is 2. The Bertz CT molecular complexity index is 1030. The van der Waals surface area contributed by atoms with Gasteiger partial charge in [-0.25, -0.2) is 4.98 Å². The first-order valence-electron chi connectivity index (χ1n) is 7.97. The minimum Gasteiger partial charge on any atom is -0.490 e. The van der Waals surface area contributed by atoms with Crippen LogP contribution < -0.4 is 4.74 Å². The third-order valence-electron chi connectivity index (χ3n) is 3.63. The number of halogens is 2. The van der Waals surface area contributed by atoms with E-state index in [9.17, 15) is 5.26 Å². The Kier molecular flexibility index (Phi) is 6.31. The summed E-state index contributed by atoms with van der Waals surface area (Å²) in [6.07, 6.45) is 3.49. The van der Waals surface area contributed by atoms with Crippen molar-refractivity contribution >= 4 is 46.2 Å². The summed E-state index contributed by atoms with van der Waals surface area (Å²) in [6.45, 7) is 4.07. The van der Waals surface area contributed by atoms with Gasteiger partial charge in [-0.2, -0.15) is 5.26 Å². The Hall–Kier alpha value is -2.58. The first-order chi connectivity index (χ1) is 13.1. The van der Waals surface area contributed by atoms with Crippen molar-refractivity contribution in [2.45, 2.75) is 0 Å². The highest BCUT2D eigenvalue weighted by Gasteiger charge is 2.10. The van der Waals surface area contributed by atoms with Crippen LogP contribution in [0.3, 0.4) is 0 Å². The van der Waals surface area contributed by atoms with Crippen molar-refractivity contribution in [3.05, 3.63) is 81.1 Å². The first kappa shape index (κ1) is 19.2. The quantitative estimate of drug-likeness (QED) is 0.332. The molecule has 0 atom stereocenters. The molecule has 0 aliphatic heterocycles. The smallest absolute Gasteiger partial charge is 0.134 e. The zero-order valence-electron chi connectivity index (χ0n) is 14.2. The van der Waals surface area contributed by atoms with E-state index < -0.39 is 0 Å². The molecule has 0 fully saturated rings. The fraction of sp³-hybridized carbons (Fsp3) is 0.0476. The van der Waals surface area contributed by atoms with E-state index in [0.717, 1.165) is 22.6 Å². The van der Waals surface area contributed by atoms with Crippen LogP contribution in [0.5, 0.6) is 5.75 Å². The van der Waals surface area contributed by atoms with Gasteiger partial charge in [0.05, 0.1) is 21.3 Å². The van der Waals surface area contributed by atoms with Crippen molar-refractivity contribution in [2.75, 3.05) is 6.61 Å². The van der Waals surface area contributed by atoms with Gasteiger partial charge in [0, 0.05) is 10.9 Å². The molecule has 134 valence electrons. The number of hydrogen-bond donors (Lipinski definition) is 0. The van der Waals surface area contributed by atoms with Crippen molar-refractivity contribution < 1.29 is 4.74 Å². The Balaban J connectivity index is 1.84. The average Bonchev–Trinajstić information content (AvgIpc) is 3.17. The summed E-state index contributed by atoms with van der Waals surface area (Å²) in [5.41, 5.74) is 2.99. The van der Waals surface area contributed by atoms with Crippen LogP contribution in [0.1, 0.15) is 10.6 Å². The lowest BCUT2D eigenvalue weighted by Crippen LogP contribution is -1.92. The molecule has 0 saturated carbocycles. The molecule has 3 nitrogen and oxygen atoms in total. The number of hydrogen-bond acceptors (Lipinski definition) is 4. The predicted octanol–water partition coefficient (Wildman–Crippen LogP) is 6.75. The molecule has 1 heterocycles. The van der Waals surface area contributed by atoms with Crippen LogP contribution in [0.15, 0.2) is 60.5 Å². The summed E-state index contributed by atoms with van der Waals surface area (Å²) in [7, 11) is 0. The molecule has 0 aliphatic rings. The summed E-state index contributed by atoms with van der Waals surface area (Å²) in [4.78, 5) is 4.57. The Morgan fingerprint density at radius 1 is 1.19 bits per heavy atom. The van der Waals surface area contributed by atoms with Crippen molar-refractivity contribution in [3.8, 4) is 23.1 Å². The van der Waals surface area contributed by atoms with Gasteiger partial charge in [0.2, 0.25) is 0 Å². The normalized spacial score (nSPS) is 11.1. The summed E-state index contributed by atoms with van der Waals surface area (Å²) >= 11 is 13.4. The minimum atomic E-state index is 0.454. The summed E-state index contributed by atoms with van der Waals surface area (Å²) in [5, 5.41) is 13.1. The second kappa shape index (κ2) is 8.88. The van der Waals surface area contributed by atoms with Gasteiger partial charge in [0.15, 0.2) is 0 Å². The van der Waals surface area contributed by atoms with Gasteiger partial charge >= 0.3 is 0 Å². The highest BCUT2D eigenvalue weighted by Crippen LogP contribution is 2.31. The molecule has 2 aromatic carbocycles. The lowest BCUT2D eigenvalue weighted by atomic mass is 10.1. The van der Waals surface area contributed by atoms with E-state index >= 15 is 0 Å². The maximum atomic E-state index is 9.55. The van der Waals surface area contributed by atoms with Gasteiger partial charge < -0.3 is 4.74 Å². The lowest BCUT2D eigenvalue weighted by molar-refractivity contribution is 0.363. The summed E-state index contributed by atoms with van der Waals surface area (Å²) in [5.74, 6) is 0.752. The SMILES string of the molecule is C=CCOc1ccc(/C=C(\C#N)c2nc(-c3ccc(Cl)c(Cl)c3)cs2)cc1. The van der Waals surface area contributed by atoms with E-state index in [2.05, 4.69) is 17.6 Å². The number of allylic oxidation sites excluding steroid dienone is 1. The molecular weight excluding hydrogens is 399 g/mol. The monoisotopic (exact) mass is 412 g/mol. The maximum absolute atomic E-state index is 9.55. The zero-order chi connectivity index (χ0) is 19.2. The molecule has 6 heteroatoms. The van der Waals surface area contributed by atoms with Crippen LogP contribution in [0.2, 0.25) is 10.0 Å². The number of ether oxygens (including phenoxy) is 1. The van der Waals surface area contributed by atoms with Gasteiger partial charge in [-0.15, -0.1) is 11.3 Å². The van der Waals surface area contributed by atoms with Crippen molar-refractivity contribution in [1.29, 1.82) is 5.26 Å².